The molecule has 1 atom stereocenters. The van der Waals surface area contributed by atoms with E-state index in [1.54, 1.807) is 0 Å². The molecule has 4 heteroatoms. The van der Waals surface area contributed by atoms with Crippen LogP contribution in [0, 0.1) is 17.6 Å². The van der Waals surface area contributed by atoms with Crippen LogP contribution in [0.25, 0.3) is 0 Å². The summed E-state index contributed by atoms with van der Waals surface area (Å²) in [4.78, 5) is 2.17. The van der Waals surface area contributed by atoms with Gasteiger partial charge in [0, 0.05) is 30.8 Å². The highest BCUT2D eigenvalue weighted by Crippen LogP contribution is 2.11. The highest BCUT2D eigenvalue weighted by Gasteiger charge is 2.13. The van der Waals surface area contributed by atoms with Gasteiger partial charge in [0.05, 0.1) is 0 Å². The van der Waals surface area contributed by atoms with E-state index in [0.717, 1.165) is 19.0 Å². The van der Waals surface area contributed by atoms with Gasteiger partial charge in [-0.05, 0) is 32.5 Å². The summed E-state index contributed by atoms with van der Waals surface area (Å²) < 4.78 is 26.2. The summed E-state index contributed by atoms with van der Waals surface area (Å²) in [6.45, 7) is 5.60. The van der Waals surface area contributed by atoms with E-state index < -0.39 is 11.6 Å². The number of benzene rings is 1. The lowest BCUT2D eigenvalue weighted by atomic mass is 10.0. The van der Waals surface area contributed by atoms with E-state index in [4.69, 9.17) is 0 Å². The average molecular weight is 270 g/mol. The zero-order valence-corrected chi connectivity index (χ0v) is 12.2. The lowest BCUT2D eigenvalue weighted by molar-refractivity contribution is 0.246. The third kappa shape index (κ3) is 5.66. The third-order valence-electron chi connectivity index (χ3n) is 3.18. The van der Waals surface area contributed by atoms with Gasteiger partial charge in [-0.25, -0.2) is 8.78 Å². The molecule has 0 bridgehead atoms. The van der Waals surface area contributed by atoms with E-state index >= 15 is 0 Å². The van der Waals surface area contributed by atoms with E-state index in [1.807, 2.05) is 14.1 Å². The van der Waals surface area contributed by atoms with Crippen molar-refractivity contribution in [1.82, 2.24) is 10.2 Å². The van der Waals surface area contributed by atoms with Gasteiger partial charge in [-0.15, -0.1) is 0 Å². The molecule has 0 saturated carbocycles. The van der Waals surface area contributed by atoms with Gasteiger partial charge in [0.25, 0.3) is 0 Å². The molecule has 1 aromatic rings. The van der Waals surface area contributed by atoms with Crippen LogP contribution in [0.4, 0.5) is 8.78 Å². The summed E-state index contributed by atoms with van der Waals surface area (Å²) in [7, 11) is 4.10. The predicted molar refractivity (Wildman–Crippen MR) is 75.0 cm³/mol. The monoisotopic (exact) mass is 270 g/mol. The molecule has 0 unspecified atom stereocenters. The topological polar surface area (TPSA) is 15.3 Å². The van der Waals surface area contributed by atoms with Gasteiger partial charge in [-0.2, -0.15) is 0 Å². The number of nitrogens with zero attached hydrogens (tertiary/aromatic N) is 1. The van der Waals surface area contributed by atoms with Crippen LogP contribution in [0.2, 0.25) is 0 Å². The first kappa shape index (κ1) is 16.1. The number of nitrogens with one attached hydrogen (secondary N) is 1. The molecule has 0 aliphatic heterocycles. The lowest BCUT2D eigenvalue weighted by Crippen LogP contribution is -2.38. The number of halogens is 2. The summed E-state index contributed by atoms with van der Waals surface area (Å²) in [6, 6.07) is 4.13. The highest BCUT2D eigenvalue weighted by molar-refractivity contribution is 5.18. The van der Waals surface area contributed by atoms with Crippen LogP contribution in [0.15, 0.2) is 18.2 Å². The minimum absolute atomic E-state index is 0.420. The first-order valence-corrected chi connectivity index (χ1v) is 6.71. The van der Waals surface area contributed by atoms with Crippen molar-refractivity contribution in [3.63, 3.8) is 0 Å². The van der Waals surface area contributed by atoms with Crippen LogP contribution in [0.1, 0.15) is 25.8 Å². The fraction of sp³-hybridized carbons (Fsp3) is 0.600. The van der Waals surface area contributed by atoms with Crippen molar-refractivity contribution >= 4 is 0 Å². The van der Waals surface area contributed by atoms with Gasteiger partial charge in [0.15, 0.2) is 0 Å². The third-order valence-corrected chi connectivity index (χ3v) is 3.18. The number of hydrogen-bond donors (Lipinski definition) is 1. The Hall–Kier alpha value is -1.00. The quantitative estimate of drug-likeness (QED) is 0.819. The number of hydrogen-bond acceptors (Lipinski definition) is 2. The van der Waals surface area contributed by atoms with Crippen molar-refractivity contribution < 1.29 is 8.78 Å². The second kappa shape index (κ2) is 7.56. The molecule has 0 heterocycles. The van der Waals surface area contributed by atoms with Gasteiger partial charge in [0.1, 0.15) is 11.6 Å². The van der Waals surface area contributed by atoms with Gasteiger partial charge in [-0.3, -0.25) is 0 Å². The summed E-state index contributed by atoms with van der Waals surface area (Å²) in [5.74, 6) is -0.401. The second-order valence-electron chi connectivity index (χ2n) is 5.61. The maximum Gasteiger partial charge on any atom is 0.130 e. The largest absolute Gasteiger partial charge is 0.311 e. The SMILES string of the molecule is CC(C)C[C@@H](CNCc1ccc(F)cc1F)N(C)C. The van der Waals surface area contributed by atoms with Crippen LogP contribution in [0.3, 0.4) is 0 Å². The van der Waals surface area contributed by atoms with E-state index in [1.165, 1.54) is 12.1 Å². The molecule has 0 aliphatic rings. The number of likely N-dealkylation sites (N-methyl/N-ethyl adjacent to an activating group) is 1. The molecule has 0 radical (unpaired) electrons. The molecule has 0 aromatic heterocycles. The maximum atomic E-state index is 13.5. The van der Waals surface area contributed by atoms with Crippen molar-refractivity contribution in [2.24, 2.45) is 5.92 Å². The highest BCUT2D eigenvalue weighted by atomic mass is 19.1. The van der Waals surface area contributed by atoms with E-state index in [9.17, 15) is 8.78 Å². The Morgan fingerprint density at radius 3 is 2.42 bits per heavy atom. The fourth-order valence-electron chi connectivity index (χ4n) is 2.06. The fourth-order valence-corrected chi connectivity index (χ4v) is 2.06. The number of rotatable bonds is 7. The first-order chi connectivity index (χ1) is 8.90. The molecular weight excluding hydrogens is 246 g/mol. The van der Waals surface area contributed by atoms with Crippen LogP contribution < -0.4 is 5.32 Å². The normalized spacial score (nSPS) is 13.3. The van der Waals surface area contributed by atoms with E-state index in [2.05, 4.69) is 24.1 Å². The Morgan fingerprint density at radius 1 is 1.21 bits per heavy atom. The van der Waals surface area contributed by atoms with Crippen molar-refractivity contribution in [2.45, 2.75) is 32.9 Å². The Bertz CT molecular complexity index is 392. The predicted octanol–water partition coefficient (Wildman–Crippen LogP) is 3.03. The van der Waals surface area contributed by atoms with Crippen molar-refractivity contribution in [1.29, 1.82) is 0 Å². The molecule has 0 saturated heterocycles. The molecule has 19 heavy (non-hydrogen) atoms. The molecular formula is C15H24F2N2. The first-order valence-electron chi connectivity index (χ1n) is 6.71. The molecule has 1 rings (SSSR count). The summed E-state index contributed by atoms with van der Waals surface area (Å²) in [5, 5.41) is 3.24. The van der Waals surface area contributed by atoms with E-state index in [-0.39, 0.29) is 0 Å². The van der Waals surface area contributed by atoms with Crippen molar-refractivity contribution in [2.75, 3.05) is 20.6 Å². The molecule has 1 N–H and O–H groups in total. The minimum Gasteiger partial charge on any atom is -0.311 e. The Morgan fingerprint density at radius 2 is 1.89 bits per heavy atom. The Labute approximate surface area is 114 Å². The summed E-state index contributed by atoms with van der Waals surface area (Å²) in [5.41, 5.74) is 0.503. The van der Waals surface area contributed by atoms with Gasteiger partial charge < -0.3 is 10.2 Å². The smallest absolute Gasteiger partial charge is 0.130 e. The minimum atomic E-state index is -0.535. The molecule has 0 fully saturated rings. The standard InChI is InChI=1S/C15H24F2N2/c1-11(2)7-14(19(3)4)10-18-9-12-5-6-13(16)8-15(12)17/h5-6,8,11,14,18H,7,9-10H2,1-4H3/t14-/m0/s1. The van der Waals surface area contributed by atoms with Crippen LogP contribution in [-0.4, -0.2) is 31.6 Å². The lowest BCUT2D eigenvalue weighted by Gasteiger charge is -2.26. The second-order valence-corrected chi connectivity index (χ2v) is 5.61. The summed E-state index contributed by atoms with van der Waals surface area (Å²) >= 11 is 0. The maximum absolute atomic E-state index is 13.5. The van der Waals surface area contributed by atoms with Crippen LogP contribution >= 0.6 is 0 Å². The summed E-state index contributed by atoms with van der Waals surface area (Å²) in [6.07, 6.45) is 1.09. The Kier molecular flexibility index (Phi) is 6.38. The molecule has 0 spiro atoms. The zero-order chi connectivity index (χ0) is 14.4. The van der Waals surface area contributed by atoms with Crippen molar-refractivity contribution in [3.05, 3.63) is 35.4 Å². The van der Waals surface area contributed by atoms with E-state index in [0.29, 0.717) is 24.1 Å². The van der Waals surface area contributed by atoms with Crippen LogP contribution in [-0.2, 0) is 6.54 Å². The van der Waals surface area contributed by atoms with Gasteiger partial charge in [0.2, 0.25) is 0 Å². The molecule has 0 amide bonds. The molecule has 108 valence electrons. The van der Waals surface area contributed by atoms with Crippen LogP contribution in [0.5, 0.6) is 0 Å². The molecule has 0 aliphatic carbocycles. The zero-order valence-electron chi connectivity index (χ0n) is 12.2. The molecule has 2 nitrogen and oxygen atoms in total. The van der Waals surface area contributed by atoms with Crippen molar-refractivity contribution in [3.8, 4) is 0 Å². The Balaban J connectivity index is 2.47. The van der Waals surface area contributed by atoms with Gasteiger partial charge >= 0.3 is 0 Å². The molecule has 1 aromatic carbocycles. The average Bonchev–Trinajstić information content (AvgIpc) is 2.29. The van der Waals surface area contributed by atoms with Gasteiger partial charge in [-0.1, -0.05) is 19.9 Å².